The Balaban J connectivity index is 2.87. The Bertz CT molecular complexity index is 634. The van der Waals surface area contributed by atoms with Crippen molar-refractivity contribution in [2.24, 2.45) is 0 Å². The third kappa shape index (κ3) is 1.27. The minimum atomic E-state index is -0.105. The maximum Gasteiger partial charge on any atom is 0.107 e. The van der Waals surface area contributed by atoms with Crippen molar-refractivity contribution in [3.63, 3.8) is 0 Å². The summed E-state index contributed by atoms with van der Waals surface area (Å²) in [6.07, 6.45) is 0. The third-order valence-corrected chi connectivity index (χ3v) is 2.35. The first-order valence-electron chi connectivity index (χ1n) is 4.45. The van der Waals surface area contributed by atoms with E-state index in [1.807, 2.05) is 30.3 Å². The van der Waals surface area contributed by atoms with Gasteiger partial charge in [0.2, 0.25) is 0 Å². The van der Waals surface area contributed by atoms with Gasteiger partial charge in [-0.05, 0) is 5.56 Å². The second-order valence-electron chi connectivity index (χ2n) is 3.28. The minimum absolute atomic E-state index is 0.0312. The molecule has 2 rings (SSSR count). The van der Waals surface area contributed by atoms with E-state index in [0.717, 1.165) is 5.56 Å². The molecule has 0 saturated heterocycles. The molecule has 0 aliphatic carbocycles. The molecule has 0 aliphatic heterocycles. The van der Waals surface area contributed by atoms with Crippen LogP contribution in [0.25, 0.3) is 11.1 Å². The Labute approximate surface area is 85.9 Å². The third-order valence-electron chi connectivity index (χ3n) is 2.35. The minimum Gasteiger partial charge on any atom is -0.396 e. The van der Waals surface area contributed by atoms with Gasteiger partial charge in [0.25, 0.3) is 0 Å². The molecular formula is C11H10N4. The predicted octanol–water partition coefficient (Wildman–Crippen LogP) is 0.250. The maximum absolute atomic E-state index is 7.71. The first-order valence-corrected chi connectivity index (χ1v) is 4.45. The zero-order chi connectivity index (χ0) is 11.0. The number of hydrogen-bond donors (Lipinski definition) is 4. The van der Waals surface area contributed by atoms with E-state index in [4.69, 9.17) is 22.0 Å². The predicted molar refractivity (Wildman–Crippen MR) is 56.2 cm³/mol. The first-order chi connectivity index (χ1) is 7.13. The van der Waals surface area contributed by atoms with E-state index < -0.39 is 0 Å². The molecule has 5 N–H and O–H groups in total. The average molecular weight is 198 g/mol. The van der Waals surface area contributed by atoms with E-state index in [-0.39, 0.29) is 21.8 Å². The standard InChI is InChI=1S/C11H10N4/c12-8-7(6-4-2-1-3-5-6)9(13)11(15)10(8)14/h1-5,12,14-15H,13H2. The number of anilines is 1. The van der Waals surface area contributed by atoms with Gasteiger partial charge in [-0.1, -0.05) is 30.3 Å². The topological polar surface area (TPSA) is 97.6 Å². The lowest BCUT2D eigenvalue weighted by Crippen LogP contribution is -2.30. The Morgan fingerprint density at radius 1 is 0.800 bits per heavy atom. The highest BCUT2D eigenvalue weighted by molar-refractivity contribution is 5.76. The van der Waals surface area contributed by atoms with Crippen molar-refractivity contribution < 1.29 is 0 Å². The second-order valence-corrected chi connectivity index (χ2v) is 3.28. The molecule has 4 heteroatoms. The van der Waals surface area contributed by atoms with E-state index in [9.17, 15) is 0 Å². The van der Waals surface area contributed by atoms with Crippen LogP contribution in [0.15, 0.2) is 30.3 Å². The van der Waals surface area contributed by atoms with Gasteiger partial charge in [0.15, 0.2) is 0 Å². The molecule has 0 atom stereocenters. The summed E-state index contributed by atoms with van der Waals surface area (Å²) in [7, 11) is 0. The van der Waals surface area contributed by atoms with Crippen molar-refractivity contribution in [2.45, 2.75) is 0 Å². The van der Waals surface area contributed by atoms with Crippen LogP contribution in [0.1, 0.15) is 0 Å². The number of hydrogen-bond acceptors (Lipinski definition) is 4. The smallest absolute Gasteiger partial charge is 0.107 e. The molecule has 0 saturated carbocycles. The summed E-state index contributed by atoms with van der Waals surface area (Å²) in [5.41, 5.74) is 7.20. The number of nitrogen functional groups attached to an aromatic ring is 1. The zero-order valence-corrected chi connectivity index (χ0v) is 7.96. The van der Waals surface area contributed by atoms with Crippen molar-refractivity contribution in [3.05, 3.63) is 46.4 Å². The molecule has 0 aromatic heterocycles. The Morgan fingerprint density at radius 2 is 1.40 bits per heavy atom. The molecule has 2 aromatic carbocycles. The largest absolute Gasteiger partial charge is 0.396 e. The Morgan fingerprint density at radius 3 is 1.87 bits per heavy atom. The Kier molecular flexibility index (Phi) is 1.97. The normalized spacial score (nSPS) is 10.4. The van der Waals surface area contributed by atoms with Gasteiger partial charge in [-0.3, -0.25) is 16.2 Å². The van der Waals surface area contributed by atoms with E-state index in [2.05, 4.69) is 0 Å². The van der Waals surface area contributed by atoms with Gasteiger partial charge in [-0.15, -0.1) is 0 Å². The highest BCUT2D eigenvalue weighted by Gasteiger charge is 2.10. The number of nitrogens with one attached hydrogen (secondary N) is 3. The van der Waals surface area contributed by atoms with Crippen LogP contribution < -0.4 is 21.8 Å². The summed E-state index contributed by atoms with van der Waals surface area (Å²) < 4.78 is 0. The van der Waals surface area contributed by atoms with Crippen LogP contribution in [0.5, 0.6) is 0 Å². The van der Waals surface area contributed by atoms with Crippen molar-refractivity contribution in [2.75, 3.05) is 5.73 Å². The van der Waals surface area contributed by atoms with Gasteiger partial charge in [-0.2, -0.15) is 0 Å². The molecule has 0 fully saturated rings. The van der Waals surface area contributed by atoms with Gasteiger partial charge in [0, 0.05) is 5.56 Å². The van der Waals surface area contributed by atoms with E-state index >= 15 is 0 Å². The maximum atomic E-state index is 7.71. The lowest BCUT2D eigenvalue weighted by molar-refractivity contribution is 1.10. The average Bonchev–Trinajstić information content (AvgIpc) is 2.45. The van der Waals surface area contributed by atoms with Crippen LogP contribution >= 0.6 is 0 Å². The van der Waals surface area contributed by atoms with Crippen LogP contribution in [0.4, 0.5) is 5.69 Å². The fourth-order valence-corrected chi connectivity index (χ4v) is 1.55. The highest BCUT2D eigenvalue weighted by atomic mass is 14.6. The first kappa shape index (κ1) is 9.33. The molecule has 0 aliphatic rings. The van der Waals surface area contributed by atoms with Gasteiger partial charge >= 0.3 is 0 Å². The summed E-state index contributed by atoms with van der Waals surface area (Å²) >= 11 is 0. The molecule has 0 amide bonds. The van der Waals surface area contributed by atoms with Gasteiger partial charge in [0.05, 0.1) is 11.0 Å². The van der Waals surface area contributed by atoms with Crippen LogP contribution in [0.3, 0.4) is 0 Å². The van der Waals surface area contributed by atoms with Crippen LogP contribution in [0, 0.1) is 16.2 Å². The molecule has 2 aromatic rings. The highest BCUT2D eigenvalue weighted by Crippen LogP contribution is 2.17. The fourth-order valence-electron chi connectivity index (χ4n) is 1.55. The quantitative estimate of drug-likeness (QED) is 0.519. The summed E-state index contributed by atoms with van der Waals surface area (Å²) in [5, 5.41) is 22.6. The molecule has 4 nitrogen and oxygen atoms in total. The summed E-state index contributed by atoms with van der Waals surface area (Å²) in [6.45, 7) is 0. The van der Waals surface area contributed by atoms with Crippen molar-refractivity contribution in [3.8, 4) is 11.1 Å². The van der Waals surface area contributed by atoms with Crippen molar-refractivity contribution in [1.82, 2.24) is 0 Å². The summed E-state index contributed by atoms with van der Waals surface area (Å²) in [6, 6.07) is 9.20. The van der Waals surface area contributed by atoms with E-state index in [0.29, 0.717) is 5.56 Å². The van der Waals surface area contributed by atoms with Gasteiger partial charge < -0.3 is 5.73 Å². The Hall–Kier alpha value is -2.23. The molecule has 0 heterocycles. The monoisotopic (exact) mass is 198 g/mol. The molecule has 0 bridgehead atoms. The van der Waals surface area contributed by atoms with Crippen molar-refractivity contribution in [1.29, 1.82) is 16.2 Å². The molecule has 74 valence electrons. The molecular weight excluding hydrogens is 188 g/mol. The van der Waals surface area contributed by atoms with E-state index in [1.165, 1.54) is 0 Å². The van der Waals surface area contributed by atoms with Crippen LogP contribution in [-0.4, -0.2) is 0 Å². The lowest BCUT2D eigenvalue weighted by atomic mass is 10.1. The van der Waals surface area contributed by atoms with Crippen molar-refractivity contribution >= 4 is 5.69 Å². The number of nitrogens with two attached hydrogens (primary N) is 1. The molecule has 15 heavy (non-hydrogen) atoms. The van der Waals surface area contributed by atoms with Gasteiger partial charge in [-0.25, -0.2) is 0 Å². The zero-order valence-electron chi connectivity index (χ0n) is 7.96. The molecule has 0 unspecified atom stereocenters. The van der Waals surface area contributed by atoms with Gasteiger partial charge in [0.1, 0.15) is 10.7 Å². The number of rotatable bonds is 1. The fraction of sp³-hybridized carbons (Fsp3) is 0. The summed E-state index contributed by atoms with van der Waals surface area (Å²) in [5.74, 6) is 0. The van der Waals surface area contributed by atoms with Crippen LogP contribution in [-0.2, 0) is 0 Å². The number of benzene rings is 1. The second kappa shape index (κ2) is 3.16. The SMILES string of the molecule is N=c1c(N)c(-c2ccccc2)c(=N)c1=N. The lowest BCUT2D eigenvalue weighted by Gasteiger charge is -1.98. The van der Waals surface area contributed by atoms with Crippen LogP contribution in [0.2, 0.25) is 0 Å². The molecule has 0 radical (unpaired) electrons. The van der Waals surface area contributed by atoms with E-state index in [1.54, 1.807) is 0 Å². The molecule has 0 spiro atoms. The summed E-state index contributed by atoms with van der Waals surface area (Å²) in [4.78, 5) is 0.